The van der Waals surface area contributed by atoms with Crippen LogP contribution >= 0.6 is 12.2 Å². The zero-order valence-electron chi connectivity index (χ0n) is 12.3. The van der Waals surface area contributed by atoms with Crippen molar-refractivity contribution in [2.75, 3.05) is 7.05 Å². The van der Waals surface area contributed by atoms with Crippen molar-refractivity contribution >= 4 is 17.2 Å². The highest BCUT2D eigenvalue weighted by atomic mass is 32.1. The zero-order valence-corrected chi connectivity index (χ0v) is 13.1. The van der Waals surface area contributed by atoms with Gasteiger partial charge in [-0.1, -0.05) is 37.2 Å². The first-order valence-corrected chi connectivity index (χ1v) is 7.67. The summed E-state index contributed by atoms with van der Waals surface area (Å²) < 4.78 is 0. The van der Waals surface area contributed by atoms with Crippen LogP contribution in [0.1, 0.15) is 42.4 Å². The number of aryl methyl sites for hydroxylation is 1. The topological polar surface area (TPSA) is 49.5 Å². The quantitative estimate of drug-likeness (QED) is 0.837. The average molecular weight is 292 g/mol. The highest BCUT2D eigenvalue weighted by Crippen LogP contribution is 2.24. The summed E-state index contributed by atoms with van der Waals surface area (Å²) in [7, 11) is 2.10. The average Bonchev–Trinajstić information content (AvgIpc) is 2.41. The molecule has 20 heavy (non-hydrogen) atoms. The number of nitrogens with two attached hydrogens (primary N) is 1. The molecule has 110 valence electrons. The Bertz CT molecular complexity index is 489. The Kier molecular flexibility index (Phi) is 5.13. The van der Waals surface area contributed by atoms with E-state index < -0.39 is 0 Å². The van der Waals surface area contributed by atoms with Gasteiger partial charge >= 0.3 is 0 Å². The Morgan fingerprint density at radius 3 is 2.70 bits per heavy atom. The summed E-state index contributed by atoms with van der Waals surface area (Å²) in [5.74, 6) is 0. The third-order valence-corrected chi connectivity index (χ3v) is 4.54. The van der Waals surface area contributed by atoms with Crippen molar-refractivity contribution in [2.45, 2.75) is 51.3 Å². The summed E-state index contributed by atoms with van der Waals surface area (Å²) in [6.45, 7) is 2.94. The lowest BCUT2D eigenvalue weighted by molar-refractivity contribution is 0.0287. The van der Waals surface area contributed by atoms with Gasteiger partial charge in [-0.05, 0) is 44.0 Å². The number of nitrogens with zero attached hydrogens (tertiary/aromatic N) is 1. The van der Waals surface area contributed by atoms with E-state index in [-0.39, 0.29) is 12.1 Å². The molecule has 0 saturated heterocycles. The summed E-state index contributed by atoms with van der Waals surface area (Å²) in [6, 6.07) is 6.40. The number of hydrogen-bond donors (Lipinski definition) is 2. The predicted molar refractivity (Wildman–Crippen MR) is 86.8 cm³/mol. The second kappa shape index (κ2) is 6.66. The fourth-order valence-electron chi connectivity index (χ4n) is 3.02. The standard InChI is InChI=1S/C16H24N2OS/c1-11-9-12(16(17)20)7-8-13(11)10-18(2)14-5-3-4-6-15(14)19/h7-9,14-15,19H,3-6,10H2,1-2H3,(H2,17,20). The summed E-state index contributed by atoms with van der Waals surface area (Å²) in [5, 5.41) is 10.1. The predicted octanol–water partition coefficient (Wildman–Crippen LogP) is 2.36. The Morgan fingerprint density at radius 1 is 1.40 bits per heavy atom. The lowest BCUT2D eigenvalue weighted by Gasteiger charge is -2.35. The van der Waals surface area contributed by atoms with Crippen LogP contribution in [0.25, 0.3) is 0 Å². The number of rotatable bonds is 4. The van der Waals surface area contributed by atoms with Gasteiger partial charge in [-0.2, -0.15) is 0 Å². The molecular weight excluding hydrogens is 268 g/mol. The minimum atomic E-state index is -0.190. The molecule has 0 radical (unpaired) electrons. The molecular formula is C16H24N2OS. The highest BCUT2D eigenvalue weighted by Gasteiger charge is 2.26. The van der Waals surface area contributed by atoms with Crippen molar-refractivity contribution in [3.63, 3.8) is 0 Å². The summed E-state index contributed by atoms with van der Waals surface area (Å²) in [5.41, 5.74) is 9.05. The molecule has 0 spiro atoms. The monoisotopic (exact) mass is 292 g/mol. The second-order valence-electron chi connectivity index (χ2n) is 5.84. The molecule has 1 aromatic carbocycles. The molecule has 0 heterocycles. The molecule has 0 aromatic heterocycles. The van der Waals surface area contributed by atoms with Gasteiger partial charge in [0, 0.05) is 18.2 Å². The van der Waals surface area contributed by atoms with Crippen LogP contribution in [-0.2, 0) is 6.54 Å². The molecule has 1 aliphatic carbocycles. The van der Waals surface area contributed by atoms with E-state index in [9.17, 15) is 5.11 Å². The minimum absolute atomic E-state index is 0.190. The maximum Gasteiger partial charge on any atom is 0.103 e. The minimum Gasteiger partial charge on any atom is -0.391 e. The zero-order chi connectivity index (χ0) is 14.7. The van der Waals surface area contributed by atoms with Gasteiger partial charge in [0.1, 0.15) is 4.99 Å². The molecule has 4 heteroatoms. The van der Waals surface area contributed by atoms with E-state index in [1.807, 2.05) is 12.1 Å². The van der Waals surface area contributed by atoms with E-state index in [0.717, 1.165) is 31.4 Å². The van der Waals surface area contributed by atoms with Crippen LogP contribution in [0.5, 0.6) is 0 Å². The Labute approximate surface area is 126 Å². The third-order valence-electron chi connectivity index (χ3n) is 4.31. The SMILES string of the molecule is Cc1cc(C(N)=S)ccc1CN(C)C1CCCCC1O. The molecule has 1 saturated carbocycles. The van der Waals surface area contributed by atoms with Crippen LogP contribution < -0.4 is 5.73 Å². The highest BCUT2D eigenvalue weighted by molar-refractivity contribution is 7.80. The largest absolute Gasteiger partial charge is 0.391 e. The molecule has 3 nitrogen and oxygen atoms in total. The summed E-state index contributed by atoms with van der Waals surface area (Å²) in [4.78, 5) is 2.71. The van der Waals surface area contributed by atoms with Crippen molar-refractivity contribution in [1.29, 1.82) is 0 Å². The Hall–Kier alpha value is -0.970. The maximum absolute atomic E-state index is 10.1. The lowest BCUT2D eigenvalue weighted by Crippen LogP contribution is -2.42. The number of benzene rings is 1. The fourth-order valence-corrected chi connectivity index (χ4v) is 3.15. The van der Waals surface area contributed by atoms with E-state index in [1.54, 1.807) is 0 Å². The third kappa shape index (κ3) is 3.57. The second-order valence-corrected chi connectivity index (χ2v) is 6.28. The van der Waals surface area contributed by atoms with Gasteiger partial charge in [0.05, 0.1) is 6.10 Å². The van der Waals surface area contributed by atoms with E-state index in [0.29, 0.717) is 4.99 Å². The maximum atomic E-state index is 10.1. The van der Waals surface area contributed by atoms with Gasteiger partial charge in [-0.3, -0.25) is 4.90 Å². The first-order valence-electron chi connectivity index (χ1n) is 7.26. The number of aliphatic hydroxyl groups excluding tert-OH is 1. The van der Waals surface area contributed by atoms with Crippen LogP contribution in [-0.4, -0.2) is 34.2 Å². The molecule has 2 rings (SSSR count). The molecule has 0 aliphatic heterocycles. The van der Waals surface area contributed by atoms with Crippen LogP contribution in [0.15, 0.2) is 18.2 Å². The molecule has 3 N–H and O–H groups in total. The van der Waals surface area contributed by atoms with Crippen LogP contribution in [0.4, 0.5) is 0 Å². The first kappa shape index (κ1) is 15.4. The van der Waals surface area contributed by atoms with Crippen molar-refractivity contribution in [1.82, 2.24) is 4.90 Å². The lowest BCUT2D eigenvalue weighted by atomic mass is 9.91. The molecule has 2 unspecified atom stereocenters. The fraction of sp³-hybridized carbons (Fsp3) is 0.562. The van der Waals surface area contributed by atoms with Crippen molar-refractivity contribution in [3.05, 3.63) is 34.9 Å². The van der Waals surface area contributed by atoms with Gasteiger partial charge in [-0.25, -0.2) is 0 Å². The Balaban J connectivity index is 2.07. The van der Waals surface area contributed by atoms with Gasteiger partial charge < -0.3 is 10.8 Å². The number of hydrogen-bond acceptors (Lipinski definition) is 3. The van der Waals surface area contributed by atoms with E-state index >= 15 is 0 Å². The van der Waals surface area contributed by atoms with Gasteiger partial charge in [0.15, 0.2) is 0 Å². The van der Waals surface area contributed by atoms with Crippen LogP contribution in [0.2, 0.25) is 0 Å². The summed E-state index contributed by atoms with van der Waals surface area (Å²) in [6.07, 6.45) is 4.18. The number of aliphatic hydroxyl groups is 1. The number of thiocarbonyl (C=S) groups is 1. The van der Waals surface area contributed by atoms with Crippen LogP contribution in [0.3, 0.4) is 0 Å². The molecule has 1 aliphatic rings. The van der Waals surface area contributed by atoms with Crippen molar-refractivity contribution in [3.8, 4) is 0 Å². The van der Waals surface area contributed by atoms with E-state index in [4.69, 9.17) is 18.0 Å². The Morgan fingerprint density at radius 2 is 2.10 bits per heavy atom. The molecule has 0 amide bonds. The van der Waals surface area contributed by atoms with Gasteiger partial charge in [0.2, 0.25) is 0 Å². The number of likely N-dealkylation sites (N-methyl/N-ethyl adjacent to an activating group) is 1. The van der Waals surface area contributed by atoms with Crippen molar-refractivity contribution < 1.29 is 5.11 Å². The normalized spacial score (nSPS) is 23.0. The molecule has 0 bridgehead atoms. The smallest absolute Gasteiger partial charge is 0.103 e. The van der Waals surface area contributed by atoms with E-state index in [1.165, 1.54) is 17.5 Å². The molecule has 1 aromatic rings. The van der Waals surface area contributed by atoms with Gasteiger partial charge in [-0.15, -0.1) is 0 Å². The van der Waals surface area contributed by atoms with Crippen molar-refractivity contribution in [2.24, 2.45) is 5.73 Å². The van der Waals surface area contributed by atoms with E-state index in [2.05, 4.69) is 24.9 Å². The molecule has 2 atom stereocenters. The first-order chi connectivity index (χ1) is 9.49. The summed E-state index contributed by atoms with van der Waals surface area (Å²) >= 11 is 5.00. The van der Waals surface area contributed by atoms with Gasteiger partial charge in [0.25, 0.3) is 0 Å². The molecule has 1 fully saturated rings. The van der Waals surface area contributed by atoms with Crippen LogP contribution in [0, 0.1) is 6.92 Å².